The van der Waals surface area contributed by atoms with Gasteiger partial charge in [0.25, 0.3) is 0 Å². The predicted molar refractivity (Wildman–Crippen MR) is 55.2 cm³/mol. The third kappa shape index (κ3) is 4.86. The van der Waals surface area contributed by atoms with Crippen LogP contribution in [0.1, 0.15) is 39.5 Å². The smallest absolute Gasteiger partial charge is 0.444 e. The van der Waals surface area contributed by atoms with Gasteiger partial charge in [-0.25, -0.2) is 9.59 Å². The molecule has 2 amide bonds. The first-order valence-electron chi connectivity index (χ1n) is 5.41. The first kappa shape index (κ1) is 12.6. The van der Waals surface area contributed by atoms with Crippen molar-refractivity contribution in [1.29, 1.82) is 0 Å². The molecule has 1 saturated carbocycles. The minimum Gasteiger partial charge on any atom is -0.444 e. The number of carbonyl (C=O) groups is 2. The summed E-state index contributed by atoms with van der Waals surface area (Å²) in [5, 5.41) is 6.23. The summed E-state index contributed by atoms with van der Waals surface area (Å²) in [7, 11) is 0. The lowest BCUT2D eigenvalue weighted by Gasteiger charge is -2.07. The number of nitrogens with zero attached hydrogens (tertiary/aromatic N) is 2. The number of ether oxygens (including phenoxy) is 2. The zero-order chi connectivity index (χ0) is 12.0. The zero-order valence-electron chi connectivity index (χ0n) is 9.51. The molecule has 1 aliphatic carbocycles. The van der Waals surface area contributed by atoms with Gasteiger partial charge in [0.15, 0.2) is 0 Å². The highest BCUT2D eigenvalue weighted by Gasteiger charge is 2.19. The molecule has 6 heteroatoms. The molecule has 0 heterocycles. The number of hydrogen-bond donors (Lipinski definition) is 0. The van der Waals surface area contributed by atoms with Gasteiger partial charge in [0, 0.05) is 0 Å². The summed E-state index contributed by atoms with van der Waals surface area (Å²) < 4.78 is 9.62. The van der Waals surface area contributed by atoms with Crippen LogP contribution in [-0.4, -0.2) is 24.4 Å². The SMILES string of the molecule is CC(C)OC(=O)N=NC(=O)OC1CCCC1. The lowest BCUT2D eigenvalue weighted by molar-refractivity contribution is 0.105. The third-order valence-electron chi connectivity index (χ3n) is 2.12. The van der Waals surface area contributed by atoms with Gasteiger partial charge in [-0.05, 0) is 39.5 Å². The van der Waals surface area contributed by atoms with Crippen LogP contribution >= 0.6 is 0 Å². The minimum atomic E-state index is -0.877. The molecule has 0 aromatic carbocycles. The van der Waals surface area contributed by atoms with E-state index in [0.717, 1.165) is 25.7 Å². The summed E-state index contributed by atoms with van der Waals surface area (Å²) in [6.45, 7) is 3.37. The van der Waals surface area contributed by atoms with Crippen molar-refractivity contribution in [3.05, 3.63) is 0 Å². The largest absolute Gasteiger partial charge is 0.452 e. The molecule has 1 aliphatic rings. The summed E-state index contributed by atoms with van der Waals surface area (Å²) in [6, 6.07) is 0. The van der Waals surface area contributed by atoms with Gasteiger partial charge in [0.1, 0.15) is 6.10 Å². The summed E-state index contributed by atoms with van der Waals surface area (Å²) in [5.41, 5.74) is 0. The van der Waals surface area contributed by atoms with Crippen molar-refractivity contribution >= 4 is 12.2 Å². The van der Waals surface area contributed by atoms with Crippen molar-refractivity contribution < 1.29 is 19.1 Å². The number of hydrogen-bond acceptors (Lipinski definition) is 4. The Morgan fingerprint density at radius 2 is 1.69 bits per heavy atom. The van der Waals surface area contributed by atoms with E-state index in [0.29, 0.717) is 0 Å². The first-order valence-corrected chi connectivity index (χ1v) is 5.41. The fourth-order valence-corrected chi connectivity index (χ4v) is 1.48. The molecule has 0 aromatic rings. The van der Waals surface area contributed by atoms with Gasteiger partial charge in [0.2, 0.25) is 0 Å². The Morgan fingerprint density at radius 1 is 1.12 bits per heavy atom. The Kier molecular flexibility index (Phi) is 4.88. The molecule has 0 saturated heterocycles. The van der Waals surface area contributed by atoms with Gasteiger partial charge in [-0.3, -0.25) is 0 Å². The van der Waals surface area contributed by atoms with Crippen LogP contribution in [0.15, 0.2) is 10.2 Å². The van der Waals surface area contributed by atoms with E-state index in [4.69, 9.17) is 4.74 Å². The Balaban J connectivity index is 2.26. The Morgan fingerprint density at radius 3 is 2.25 bits per heavy atom. The molecule has 1 rings (SSSR count). The second-order valence-corrected chi connectivity index (χ2v) is 3.92. The molecule has 0 atom stereocenters. The molecular weight excluding hydrogens is 212 g/mol. The Bertz CT molecular complexity index is 283. The topological polar surface area (TPSA) is 77.3 Å². The van der Waals surface area contributed by atoms with Gasteiger partial charge in [-0.2, -0.15) is 0 Å². The second-order valence-electron chi connectivity index (χ2n) is 3.92. The van der Waals surface area contributed by atoms with Crippen LogP contribution in [0, 0.1) is 0 Å². The lowest BCUT2D eigenvalue weighted by Crippen LogP contribution is -2.12. The maximum Gasteiger partial charge on any atom is 0.452 e. The van der Waals surface area contributed by atoms with Crippen molar-refractivity contribution in [2.75, 3.05) is 0 Å². The number of rotatable bonds is 2. The van der Waals surface area contributed by atoms with E-state index in [1.807, 2.05) is 0 Å². The highest BCUT2D eigenvalue weighted by atomic mass is 16.6. The van der Waals surface area contributed by atoms with E-state index in [-0.39, 0.29) is 12.2 Å². The van der Waals surface area contributed by atoms with Crippen LogP contribution in [0.5, 0.6) is 0 Å². The molecule has 0 spiro atoms. The van der Waals surface area contributed by atoms with Gasteiger partial charge in [-0.1, -0.05) is 10.2 Å². The Hall–Kier alpha value is -1.46. The van der Waals surface area contributed by atoms with Crippen molar-refractivity contribution in [1.82, 2.24) is 0 Å². The zero-order valence-corrected chi connectivity index (χ0v) is 9.51. The summed E-state index contributed by atoms with van der Waals surface area (Å²) >= 11 is 0. The van der Waals surface area contributed by atoms with E-state index in [1.54, 1.807) is 13.8 Å². The van der Waals surface area contributed by atoms with Crippen LogP contribution in [0.2, 0.25) is 0 Å². The molecular formula is C10H16N2O4. The normalized spacial score (nSPS) is 16.9. The van der Waals surface area contributed by atoms with Crippen LogP contribution in [0.3, 0.4) is 0 Å². The van der Waals surface area contributed by atoms with Gasteiger partial charge in [0.05, 0.1) is 6.10 Å². The van der Waals surface area contributed by atoms with E-state index in [2.05, 4.69) is 15.0 Å². The van der Waals surface area contributed by atoms with Gasteiger partial charge < -0.3 is 9.47 Å². The molecule has 0 aromatic heterocycles. The lowest BCUT2D eigenvalue weighted by atomic mass is 10.3. The summed E-state index contributed by atoms with van der Waals surface area (Å²) in [5.74, 6) is 0. The Labute approximate surface area is 94.0 Å². The first-order chi connectivity index (χ1) is 7.58. The van der Waals surface area contributed by atoms with Crippen molar-refractivity contribution in [2.45, 2.75) is 51.7 Å². The average Bonchev–Trinajstić information content (AvgIpc) is 2.66. The third-order valence-corrected chi connectivity index (χ3v) is 2.12. The molecule has 1 fully saturated rings. The highest BCUT2D eigenvalue weighted by Crippen LogP contribution is 2.21. The average molecular weight is 228 g/mol. The summed E-state index contributed by atoms with van der Waals surface area (Å²) in [6.07, 6.45) is 1.78. The number of carbonyl (C=O) groups excluding carboxylic acids is 2. The van der Waals surface area contributed by atoms with E-state index < -0.39 is 12.2 Å². The van der Waals surface area contributed by atoms with E-state index in [9.17, 15) is 9.59 Å². The maximum atomic E-state index is 11.1. The van der Waals surface area contributed by atoms with Crippen molar-refractivity contribution in [3.63, 3.8) is 0 Å². The molecule has 0 unspecified atom stereocenters. The van der Waals surface area contributed by atoms with Crippen LogP contribution < -0.4 is 0 Å². The minimum absolute atomic E-state index is 0.0763. The van der Waals surface area contributed by atoms with Crippen LogP contribution in [0.4, 0.5) is 9.59 Å². The monoisotopic (exact) mass is 228 g/mol. The van der Waals surface area contributed by atoms with Gasteiger partial charge in [-0.15, -0.1) is 0 Å². The number of azo groups is 1. The molecule has 6 nitrogen and oxygen atoms in total. The van der Waals surface area contributed by atoms with Gasteiger partial charge >= 0.3 is 12.2 Å². The van der Waals surface area contributed by atoms with E-state index >= 15 is 0 Å². The maximum absolute atomic E-state index is 11.1. The summed E-state index contributed by atoms with van der Waals surface area (Å²) in [4.78, 5) is 22.0. The highest BCUT2D eigenvalue weighted by molar-refractivity contribution is 5.73. The van der Waals surface area contributed by atoms with E-state index in [1.165, 1.54) is 0 Å². The molecule has 0 bridgehead atoms. The fourth-order valence-electron chi connectivity index (χ4n) is 1.48. The van der Waals surface area contributed by atoms with Crippen LogP contribution in [0.25, 0.3) is 0 Å². The standard InChI is InChI=1S/C10H16N2O4/c1-7(2)15-9(13)11-12-10(14)16-8-5-3-4-6-8/h7-8H,3-6H2,1-2H3. The molecule has 0 radical (unpaired) electrons. The number of amides is 2. The molecule has 0 N–H and O–H groups in total. The van der Waals surface area contributed by atoms with Crippen molar-refractivity contribution in [3.8, 4) is 0 Å². The second kappa shape index (κ2) is 6.19. The molecule has 90 valence electrons. The molecule has 16 heavy (non-hydrogen) atoms. The predicted octanol–water partition coefficient (Wildman–Crippen LogP) is 3.06. The van der Waals surface area contributed by atoms with Crippen LogP contribution in [-0.2, 0) is 9.47 Å². The quantitative estimate of drug-likeness (QED) is 0.680. The molecule has 0 aliphatic heterocycles. The van der Waals surface area contributed by atoms with Crippen molar-refractivity contribution in [2.24, 2.45) is 10.2 Å². The fraction of sp³-hybridized carbons (Fsp3) is 0.800.